The Kier molecular flexibility index (Phi) is 3.76. The highest BCUT2D eigenvalue weighted by molar-refractivity contribution is 5.75. The maximum Gasteiger partial charge on any atom is 0.310 e. The molecule has 114 valence electrons. The minimum Gasteiger partial charge on any atom is -0.486 e. The van der Waals surface area contributed by atoms with E-state index in [1.54, 1.807) is 0 Å². The highest BCUT2D eigenvalue weighted by atomic mass is 16.6. The van der Waals surface area contributed by atoms with E-state index in [1.165, 1.54) is 0 Å². The van der Waals surface area contributed by atoms with Crippen LogP contribution in [0.4, 0.5) is 0 Å². The molecule has 2 aliphatic heterocycles. The number of carbonyl (C=O) groups is 1. The number of hydrogen-bond acceptors (Lipinski definition) is 4. The van der Waals surface area contributed by atoms with Gasteiger partial charge in [-0.25, -0.2) is 0 Å². The van der Waals surface area contributed by atoms with E-state index in [2.05, 4.69) is 4.90 Å². The maximum absolute atomic E-state index is 11.5. The minimum atomic E-state index is -0.672. The van der Waals surface area contributed by atoms with Gasteiger partial charge in [-0.2, -0.15) is 0 Å². The van der Waals surface area contributed by atoms with Crippen LogP contribution in [-0.4, -0.2) is 42.3 Å². The second-order valence-electron chi connectivity index (χ2n) is 5.88. The highest BCUT2D eigenvalue weighted by Crippen LogP contribution is 2.36. The molecule has 5 heteroatoms. The van der Waals surface area contributed by atoms with Crippen molar-refractivity contribution in [3.8, 4) is 11.5 Å². The van der Waals surface area contributed by atoms with Crippen LogP contribution in [0.2, 0.25) is 0 Å². The topological polar surface area (TPSA) is 59.0 Å². The Morgan fingerprint density at radius 2 is 2.10 bits per heavy atom. The molecule has 1 fully saturated rings. The summed E-state index contributed by atoms with van der Waals surface area (Å²) in [6.07, 6.45) is 1.41. The lowest BCUT2D eigenvalue weighted by Crippen LogP contribution is -2.33. The van der Waals surface area contributed by atoms with Crippen LogP contribution in [0.3, 0.4) is 0 Å². The van der Waals surface area contributed by atoms with Crippen LogP contribution in [0.25, 0.3) is 0 Å². The van der Waals surface area contributed by atoms with Gasteiger partial charge < -0.3 is 14.6 Å². The van der Waals surface area contributed by atoms with Crippen molar-refractivity contribution in [3.63, 3.8) is 0 Å². The lowest BCUT2D eigenvalue weighted by atomic mass is 9.84. The number of benzene rings is 1. The van der Waals surface area contributed by atoms with E-state index in [9.17, 15) is 9.90 Å². The molecular weight excluding hydrogens is 270 g/mol. The van der Waals surface area contributed by atoms with E-state index in [4.69, 9.17) is 9.47 Å². The monoisotopic (exact) mass is 291 g/mol. The van der Waals surface area contributed by atoms with Gasteiger partial charge in [-0.05, 0) is 37.1 Å². The minimum absolute atomic E-state index is 0.576. The molecule has 0 spiro atoms. The molecule has 0 aliphatic carbocycles. The van der Waals surface area contributed by atoms with E-state index in [1.807, 2.05) is 25.1 Å². The molecule has 3 rings (SSSR count). The third-order valence-electron chi connectivity index (χ3n) is 4.58. The van der Waals surface area contributed by atoms with Crippen LogP contribution in [-0.2, 0) is 11.3 Å². The number of hydrogen-bond donors (Lipinski definition) is 1. The Hall–Kier alpha value is -1.75. The van der Waals surface area contributed by atoms with E-state index in [0.29, 0.717) is 26.2 Å². The number of aliphatic carboxylic acids is 1. The van der Waals surface area contributed by atoms with Crippen molar-refractivity contribution in [2.45, 2.75) is 26.3 Å². The van der Waals surface area contributed by atoms with Crippen LogP contribution < -0.4 is 9.47 Å². The van der Waals surface area contributed by atoms with Crippen molar-refractivity contribution in [1.29, 1.82) is 0 Å². The first-order valence-electron chi connectivity index (χ1n) is 7.47. The fourth-order valence-corrected chi connectivity index (χ4v) is 3.15. The first kappa shape index (κ1) is 14.2. The van der Waals surface area contributed by atoms with Gasteiger partial charge in [-0.3, -0.25) is 9.69 Å². The smallest absolute Gasteiger partial charge is 0.310 e. The SMILES string of the molecule is CCC1(C(=O)O)CCN(Cc2ccc3c(c2)OCCO3)C1. The van der Waals surface area contributed by atoms with Crippen molar-refractivity contribution >= 4 is 5.97 Å². The third kappa shape index (κ3) is 2.70. The molecule has 0 amide bonds. The summed E-state index contributed by atoms with van der Waals surface area (Å²) in [4.78, 5) is 13.7. The molecule has 0 bridgehead atoms. The normalized spacial score (nSPS) is 25.0. The number of likely N-dealkylation sites (tertiary alicyclic amines) is 1. The number of rotatable bonds is 4. The Morgan fingerprint density at radius 1 is 1.33 bits per heavy atom. The Labute approximate surface area is 124 Å². The molecule has 1 atom stereocenters. The van der Waals surface area contributed by atoms with Gasteiger partial charge in [0.05, 0.1) is 5.41 Å². The van der Waals surface area contributed by atoms with Gasteiger partial charge in [0, 0.05) is 13.1 Å². The summed E-state index contributed by atoms with van der Waals surface area (Å²) in [7, 11) is 0. The second-order valence-corrected chi connectivity index (χ2v) is 5.88. The Morgan fingerprint density at radius 3 is 2.76 bits per heavy atom. The molecule has 1 aromatic carbocycles. The van der Waals surface area contributed by atoms with Crippen LogP contribution in [0.5, 0.6) is 11.5 Å². The van der Waals surface area contributed by atoms with E-state index >= 15 is 0 Å². The molecular formula is C16H21NO4. The van der Waals surface area contributed by atoms with Crippen molar-refractivity contribution < 1.29 is 19.4 Å². The van der Waals surface area contributed by atoms with Crippen molar-refractivity contribution in [2.75, 3.05) is 26.3 Å². The molecule has 2 aliphatic rings. The average molecular weight is 291 g/mol. The molecule has 21 heavy (non-hydrogen) atoms. The fourth-order valence-electron chi connectivity index (χ4n) is 3.15. The summed E-state index contributed by atoms with van der Waals surface area (Å²) in [6.45, 7) is 5.34. The first-order chi connectivity index (χ1) is 10.1. The predicted molar refractivity (Wildman–Crippen MR) is 77.7 cm³/mol. The molecule has 1 aromatic rings. The van der Waals surface area contributed by atoms with Gasteiger partial charge in [-0.15, -0.1) is 0 Å². The Bertz CT molecular complexity index is 545. The number of carboxylic acids is 1. The standard InChI is InChI=1S/C16H21NO4/c1-2-16(15(18)19)5-6-17(11-16)10-12-3-4-13-14(9-12)21-8-7-20-13/h3-4,9H,2,5-8,10-11H2,1H3,(H,18,19). The zero-order valence-electron chi connectivity index (χ0n) is 12.3. The number of fused-ring (bicyclic) bond motifs is 1. The van der Waals surface area contributed by atoms with E-state index < -0.39 is 11.4 Å². The third-order valence-corrected chi connectivity index (χ3v) is 4.58. The molecule has 0 radical (unpaired) electrons. The summed E-state index contributed by atoms with van der Waals surface area (Å²) in [5.41, 5.74) is 0.560. The summed E-state index contributed by atoms with van der Waals surface area (Å²) in [6, 6.07) is 5.96. The van der Waals surface area contributed by atoms with Gasteiger partial charge in [0.15, 0.2) is 11.5 Å². The summed E-state index contributed by atoms with van der Waals surface area (Å²) in [5.74, 6) is 0.910. The Balaban J connectivity index is 1.69. The van der Waals surface area contributed by atoms with Gasteiger partial charge in [0.2, 0.25) is 0 Å². The summed E-state index contributed by atoms with van der Waals surface area (Å²) in [5, 5.41) is 9.44. The molecule has 1 saturated heterocycles. The summed E-state index contributed by atoms with van der Waals surface area (Å²) < 4.78 is 11.1. The van der Waals surface area contributed by atoms with E-state index in [-0.39, 0.29) is 0 Å². The molecule has 1 unspecified atom stereocenters. The quantitative estimate of drug-likeness (QED) is 0.921. The highest BCUT2D eigenvalue weighted by Gasteiger charge is 2.43. The van der Waals surface area contributed by atoms with Crippen LogP contribution in [0, 0.1) is 5.41 Å². The second kappa shape index (κ2) is 5.56. The van der Waals surface area contributed by atoms with Gasteiger partial charge in [0.25, 0.3) is 0 Å². The predicted octanol–water partition coefficient (Wildman–Crippen LogP) is 2.14. The number of nitrogens with zero attached hydrogens (tertiary/aromatic N) is 1. The van der Waals surface area contributed by atoms with Crippen LogP contribution in [0.15, 0.2) is 18.2 Å². The molecule has 2 heterocycles. The molecule has 0 aromatic heterocycles. The van der Waals surface area contributed by atoms with Crippen LogP contribution in [0.1, 0.15) is 25.3 Å². The fraction of sp³-hybridized carbons (Fsp3) is 0.562. The average Bonchev–Trinajstić information content (AvgIpc) is 2.92. The first-order valence-corrected chi connectivity index (χ1v) is 7.47. The molecule has 5 nitrogen and oxygen atoms in total. The molecule has 0 saturated carbocycles. The van der Waals surface area contributed by atoms with Gasteiger partial charge in [-0.1, -0.05) is 13.0 Å². The summed E-state index contributed by atoms with van der Waals surface area (Å²) >= 11 is 0. The van der Waals surface area contributed by atoms with E-state index in [0.717, 1.165) is 36.6 Å². The largest absolute Gasteiger partial charge is 0.486 e. The molecule has 1 N–H and O–H groups in total. The van der Waals surface area contributed by atoms with Gasteiger partial charge in [0.1, 0.15) is 13.2 Å². The van der Waals surface area contributed by atoms with Crippen LogP contribution >= 0.6 is 0 Å². The van der Waals surface area contributed by atoms with Gasteiger partial charge >= 0.3 is 5.97 Å². The number of carboxylic acid groups (broad SMARTS) is 1. The lowest BCUT2D eigenvalue weighted by Gasteiger charge is -2.24. The lowest BCUT2D eigenvalue weighted by molar-refractivity contribution is -0.148. The zero-order chi connectivity index (χ0) is 14.9. The van der Waals surface area contributed by atoms with Crippen molar-refractivity contribution in [1.82, 2.24) is 4.90 Å². The van der Waals surface area contributed by atoms with Crippen molar-refractivity contribution in [2.24, 2.45) is 5.41 Å². The number of ether oxygens (including phenoxy) is 2. The van der Waals surface area contributed by atoms with Crippen molar-refractivity contribution in [3.05, 3.63) is 23.8 Å². The zero-order valence-corrected chi connectivity index (χ0v) is 12.3. The maximum atomic E-state index is 11.5.